The van der Waals surface area contributed by atoms with Crippen molar-refractivity contribution in [3.05, 3.63) is 58.8 Å². The van der Waals surface area contributed by atoms with Gasteiger partial charge in [0.25, 0.3) is 5.91 Å². The molecule has 1 heterocycles. The lowest BCUT2D eigenvalue weighted by Crippen LogP contribution is -2.25. The SMILES string of the molecule is C=C(C)C1CCC(C)=CC1c1c(O)cc(CCCCC)c(C(=O)NCc2nnco2)c1O. The summed E-state index contributed by atoms with van der Waals surface area (Å²) in [5.74, 6) is -0.468. The van der Waals surface area contributed by atoms with Crippen LogP contribution in [0.15, 0.2) is 40.7 Å². The van der Waals surface area contributed by atoms with E-state index in [1.165, 1.54) is 12.0 Å². The molecule has 172 valence electrons. The number of carbonyl (C=O) groups excluding carboxylic acids is 1. The Morgan fingerprint density at radius 3 is 2.78 bits per heavy atom. The number of hydrogen-bond acceptors (Lipinski definition) is 6. The molecule has 32 heavy (non-hydrogen) atoms. The number of nitrogens with one attached hydrogen (secondary N) is 1. The number of phenolic OH excluding ortho intramolecular Hbond substituents is 2. The first-order valence-corrected chi connectivity index (χ1v) is 11.3. The normalized spacial score (nSPS) is 18.3. The van der Waals surface area contributed by atoms with Crippen molar-refractivity contribution in [2.45, 2.75) is 71.8 Å². The number of aryl methyl sites for hydroxylation is 1. The maximum Gasteiger partial charge on any atom is 0.255 e. The summed E-state index contributed by atoms with van der Waals surface area (Å²) in [5, 5.41) is 32.5. The van der Waals surface area contributed by atoms with Crippen LogP contribution in [0.3, 0.4) is 0 Å². The van der Waals surface area contributed by atoms with E-state index in [1.807, 2.05) is 13.8 Å². The molecule has 1 aliphatic rings. The summed E-state index contributed by atoms with van der Waals surface area (Å²) >= 11 is 0. The molecule has 0 spiro atoms. The first-order valence-electron chi connectivity index (χ1n) is 11.3. The van der Waals surface area contributed by atoms with E-state index in [-0.39, 0.29) is 41.3 Å². The molecule has 1 amide bonds. The van der Waals surface area contributed by atoms with Crippen LogP contribution in [0.5, 0.6) is 11.5 Å². The van der Waals surface area contributed by atoms with Gasteiger partial charge in [0.2, 0.25) is 12.3 Å². The number of phenols is 2. The topological polar surface area (TPSA) is 108 Å². The molecule has 3 rings (SSSR count). The molecule has 1 aromatic heterocycles. The van der Waals surface area contributed by atoms with Crippen molar-refractivity contribution in [3.63, 3.8) is 0 Å². The van der Waals surface area contributed by atoms with Crippen LogP contribution in [0.1, 0.15) is 86.2 Å². The number of aromatic nitrogens is 2. The number of amides is 1. The predicted molar refractivity (Wildman–Crippen MR) is 123 cm³/mol. The fourth-order valence-electron chi connectivity index (χ4n) is 4.49. The second kappa shape index (κ2) is 10.5. The molecule has 0 radical (unpaired) electrons. The summed E-state index contributed by atoms with van der Waals surface area (Å²) in [4.78, 5) is 13.2. The van der Waals surface area contributed by atoms with Crippen LogP contribution < -0.4 is 5.32 Å². The molecule has 7 heteroatoms. The molecule has 2 aromatic rings. The predicted octanol–water partition coefficient (Wildman–Crippen LogP) is 5.16. The van der Waals surface area contributed by atoms with Crippen molar-refractivity contribution in [2.75, 3.05) is 0 Å². The molecule has 1 aliphatic carbocycles. The van der Waals surface area contributed by atoms with E-state index >= 15 is 0 Å². The average molecular weight is 440 g/mol. The number of carbonyl (C=O) groups is 1. The Kier molecular flexibility index (Phi) is 7.72. The zero-order valence-corrected chi connectivity index (χ0v) is 19.1. The van der Waals surface area contributed by atoms with Crippen LogP contribution in [0.25, 0.3) is 0 Å². The van der Waals surface area contributed by atoms with Gasteiger partial charge in [-0.1, -0.05) is 43.6 Å². The van der Waals surface area contributed by atoms with E-state index in [0.29, 0.717) is 17.5 Å². The Balaban J connectivity index is 2.04. The van der Waals surface area contributed by atoms with Gasteiger partial charge in [-0.05, 0) is 57.1 Å². The lowest BCUT2D eigenvalue weighted by Gasteiger charge is -2.32. The molecule has 3 N–H and O–H groups in total. The van der Waals surface area contributed by atoms with Crippen molar-refractivity contribution in [2.24, 2.45) is 5.92 Å². The lowest BCUT2D eigenvalue weighted by molar-refractivity contribution is 0.0943. The molecule has 7 nitrogen and oxygen atoms in total. The van der Waals surface area contributed by atoms with Gasteiger partial charge in [-0.3, -0.25) is 4.79 Å². The summed E-state index contributed by atoms with van der Waals surface area (Å²) in [6.07, 6.45) is 8.57. The highest BCUT2D eigenvalue weighted by Gasteiger charge is 2.33. The van der Waals surface area contributed by atoms with E-state index in [4.69, 9.17) is 4.42 Å². The molecule has 0 fully saturated rings. The van der Waals surface area contributed by atoms with E-state index in [9.17, 15) is 15.0 Å². The monoisotopic (exact) mass is 439 g/mol. The van der Waals surface area contributed by atoms with E-state index < -0.39 is 5.91 Å². The first kappa shape index (κ1) is 23.6. The zero-order chi connectivity index (χ0) is 23.3. The van der Waals surface area contributed by atoms with Crippen molar-refractivity contribution in [1.82, 2.24) is 15.5 Å². The zero-order valence-electron chi connectivity index (χ0n) is 19.1. The highest BCUT2D eigenvalue weighted by molar-refractivity contribution is 5.99. The minimum absolute atomic E-state index is 0.0182. The molecule has 0 aliphatic heterocycles. The van der Waals surface area contributed by atoms with Gasteiger partial charge in [0.1, 0.15) is 11.5 Å². The Hall–Kier alpha value is -3.09. The van der Waals surface area contributed by atoms with Crippen LogP contribution in [0, 0.1) is 5.92 Å². The summed E-state index contributed by atoms with van der Waals surface area (Å²) in [6, 6.07) is 1.64. The number of nitrogens with zero attached hydrogens (tertiary/aromatic N) is 2. The molecular weight excluding hydrogens is 406 g/mol. The van der Waals surface area contributed by atoms with Crippen molar-refractivity contribution in [1.29, 1.82) is 0 Å². The summed E-state index contributed by atoms with van der Waals surface area (Å²) in [7, 11) is 0. The minimum Gasteiger partial charge on any atom is -0.507 e. The Bertz CT molecular complexity index is 995. The van der Waals surface area contributed by atoms with Gasteiger partial charge in [-0.2, -0.15) is 0 Å². The van der Waals surface area contributed by atoms with E-state index in [0.717, 1.165) is 37.7 Å². The van der Waals surface area contributed by atoms with E-state index in [2.05, 4.69) is 35.1 Å². The largest absolute Gasteiger partial charge is 0.507 e. The maximum absolute atomic E-state index is 13.2. The van der Waals surface area contributed by atoms with Gasteiger partial charge >= 0.3 is 0 Å². The average Bonchev–Trinajstić information content (AvgIpc) is 3.25. The number of aromatic hydroxyl groups is 2. The minimum atomic E-state index is -0.433. The number of rotatable bonds is 9. The van der Waals surface area contributed by atoms with Gasteiger partial charge in [0.15, 0.2) is 0 Å². The van der Waals surface area contributed by atoms with Crippen molar-refractivity contribution >= 4 is 5.91 Å². The van der Waals surface area contributed by atoms with Gasteiger partial charge in [0, 0.05) is 11.5 Å². The second-order valence-electron chi connectivity index (χ2n) is 8.69. The first-order chi connectivity index (χ1) is 15.3. The summed E-state index contributed by atoms with van der Waals surface area (Å²) in [6.45, 7) is 10.3. The van der Waals surface area contributed by atoms with Crippen molar-refractivity contribution in [3.8, 4) is 11.5 Å². The smallest absolute Gasteiger partial charge is 0.255 e. The number of benzene rings is 1. The van der Waals surface area contributed by atoms with Gasteiger partial charge < -0.3 is 19.9 Å². The van der Waals surface area contributed by atoms with Gasteiger partial charge in [0.05, 0.1) is 12.1 Å². The molecular formula is C25H33N3O4. The fraction of sp³-hybridized carbons (Fsp3) is 0.480. The Morgan fingerprint density at radius 1 is 1.34 bits per heavy atom. The van der Waals surface area contributed by atoms with Crippen LogP contribution in [-0.2, 0) is 13.0 Å². The quantitative estimate of drug-likeness (QED) is 0.368. The van der Waals surface area contributed by atoms with Gasteiger partial charge in [-0.15, -0.1) is 10.2 Å². The molecule has 2 atom stereocenters. The third-order valence-corrected chi connectivity index (χ3v) is 6.20. The third kappa shape index (κ3) is 5.21. The molecule has 0 saturated carbocycles. The standard InChI is InChI=1S/C25H33N3O4/c1-5-6-7-8-17-12-20(29)23(19-11-16(4)9-10-18(19)15(2)3)24(30)22(17)25(31)26-13-21-28-27-14-32-21/h11-12,14,18-19,29-30H,2,5-10,13H2,1,3-4H3,(H,26,31). The molecule has 0 bridgehead atoms. The number of allylic oxidation sites excluding steroid dienone is 3. The summed E-state index contributed by atoms with van der Waals surface area (Å²) < 4.78 is 5.09. The molecule has 0 saturated heterocycles. The highest BCUT2D eigenvalue weighted by Crippen LogP contribution is 2.48. The Morgan fingerprint density at radius 2 is 2.12 bits per heavy atom. The van der Waals surface area contributed by atoms with E-state index in [1.54, 1.807) is 6.07 Å². The van der Waals surface area contributed by atoms with Crippen LogP contribution in [0.4, 0.5) is 0 Å². The van der Waals surface area contributed by atoms with Crippen LogP contribution in [-0.4, -0.2) is 26.3 Å². The fourth-order valence-corrected chi connectivity index (χ4v) is 4.49. The lowest BCUT2D eigenvalue weighted by atomic mass is 9.73. The maximum atomic E-state index is 13.2. The van der Waals surface area contributed by atoms with Crippen LogP contribution in [0.2, 0.25) is 0 Å². The van der Waals surface area contributed by atoms with Gasteiger partial charge in [-0.25, -0.2) is 0 Å². The van der Waals surface area contributed by atoms with Crippen molar-refractivity contribution < 1.29 is 19.4 Å². The molecule has 2 unspecified atom stereocenters. The van der Waals surface area contributed by atoms with Crippen LogP contribution >= 0.6 is 0 Å². The molecule has 1 aromatic carbocycles. The number of hydrogen-bond donors (Lipinski definition) is 3. The third-order valence-electron chi connectivity index (χ3n) is 6.20. The second-order valence-corrected chi connectivity index (χ2v) is 8.69. The highest BCUT2D eigenvalue weighted by atomic mass is 16.4. The number of unbranched alkanes of at least 4 members (excludes halogenated alkanes) is 2. The summed E-state index contributed by atoms with van der Waals surface area (Å²) in [5.41, 5.74) is 3.40. The Labute approximate surface area is 189 Å².